The van der Waals surface area contributed by atoms with Gasteiger partial charge >= 0.3 is 5.97 Å². The number of methoxy groups -OCH3 is 1. The van der Waals surface area contributed by atoms with Gasteiger partial charge in [0.2, 0.25) is 0 Å². The molecular weight excluding hydrogens is 500 g/mol. The van der Waals surface area contributed by atoms with E-state index >= 15 is 0 Å². The summed E-state index contributed by atoms with van der Waals surface area (Å²) in [4.78, 5) is 25.3. The van der Waals surface area contributed by atoms with E-state index < -0.39 is 11.6 Å². The molecule has 1 aromatic heterocycles. The van der Waals surface area contributed by atoms with E-state index in [0.29, 0.717) is 23.8 Å². The smallest absolute Gasteiger partial charge is 0.349 e. The second-order valence-corrected chi connectivity index (χ2v) is 11.3. The van der Waals surface area contributed by atoms with Gasteiger partial charge in [0.25, 0.3) is 5.91 Å². The Balaban J connectivity index is 1.56. The number of hydrogen-bond donors (Lipinski definition) is 1. The van der Waals surface area contributed by atoms with Crippen LogP contribution in [0.1, 0.15) is 84.9 Å². The third-order valence-electron chi connectivity index (χ3n) is 7.62. The van der Waals surface area contributed by atoms with Crippen molar-refractivity contribution in [1.29, 1.82) is 0 Å². The first-order chi connectivity index (χ1) is 18.9. The first-order valence-corrected chi connectivity index (χ1v) is 13.8. The summed E-state index contributed by atoms with van der Waals surface area (Å²) in [5, 5.41) is 4.22. The number of ether oxygens (including phenoxy) is 2. The van der Waals surface area contributed by atoms with Crippen LogP contribution in [0.4, 0.5) is 0 Å². The summed E-state index contributed by atoms with van der Waals surface area (Å²) in [7, 11) is 1.35. The normalized spacial score (nSPS) is 12.4. The van der Waals surface area contributed by atoms with E-state index in [4.69, 9.17) is 9.47 Å². The highest BCUT2D eigenvalue weighted by atomic mass is 16.6. The Morgan fingerprint density at radius 2 is 1.62 bits per heavy atom. The van der Waals surface area contributed by atoms with Gasteiger partial charge in [-0.2, -0.15) is 0 Å². The fraction of sp³-hybridized carbons (Fsp3) is 0.353. The molecule has 4 aromatic rings. The average molecular weight is 541 g/mol. The number of fused-ring (bicyclic) bond motifs is 1. The van der Waals surface area contributed by atoms with Crippen LogP contribution in [0.25, 0.3) is 10.9 Å². The number of carbonyl (C=O) groups excluding carboxylic acids is 2. The van der Waals surface area contributed by atoms with Crippen molar-refractivity contribution >= 4 is 22.8 Å². The molecule has 1 N–H and O–H groups in total. The summed E-state index contributed by atoms with van der Waals surface area (Å²) < 4.78 is 13.1. The third kappa shape index (κ3) is 6.06. The van der Waals surface area contributed by atoms with Crippen molar-refractivity contribution in [3.05, 3.63) is 100 Å². The maximum atomic E-state index is 13.2. The molecule has 3 aromatic carbocycles. The average Bonchev–Trinajstić information content (AvgIpc) is 3.16. The van der Waals surface area contributed by atoms with Gasteiger partial charge in [-0.15, -0.1) is 0 Å². The molecule has 0 spiro atoms. The van der Waals surface area contributed by atoms with E-state index in [2.05, 4.69) is 61.8 Å². The number of amides is 1. The third-order valence-corrected chi connectivity index (χ3v) is 7.62. The van der Waals surface area contributed by atoms with Gasteiger partial charge in [-0.3, -0.25) is 4.79 Å². The molecule has 0 saturated heterocycles. The number of carbonyl (C=O) groups is 2. The molecule has 0 aliphatic heterocycles. The molecular formula is C34H40N2O4. The molecule has 210 valence electrons. The standard InChI is InChI=1S/C34H40N2O4/c1-21(2)26-12-10-13-27(18-26)23(4)35-32(37)28-15-16-31-30(19-28)22(3)24(5)36(31)20-25-11-9-14-29(17-25)40-34(6,7)33(38)39-8/h9-19,21,23H,20H2,1-8H3,(H,35,37). The zero-order valence-corrected chi connectivity index (χ0v) is 24.8. The number of aromatic nitrogens is 1. The molecule has 1 heterocycles. The van der Waals surface area contributed by atoms with Gasteiger partial charge < -0.3 is 19.4 Å². The molecule has 1 unspecified atom stereocenters. The number of hydrogen-bond acceptors (Lipinski definition) is 4. The molecule has 0 fully saturated rings. The second kappa shape index (κ2) is 11.6. The summed E-state index contributed by atoms with van der Waals surface area (Å²) in [6, 6.07) is 21.9. The topological polar surface area (TPSA) is 69.6 Å². The Morgan fingerprint density at radius 1 is 0.925 bits per heavy atom. The molecule has 0 bridgehead atoms. The number of benzene rings is 3. The predicted octanol–water partition coefficient (Wildman–Crippen LogP) is 7.25. The van der Waals surface area contributed by atoms with Gasteiger partial charge in [-0.25, -0.2) is 4.79 Å². The van der Waals surface area contributed by atoms with Crippen LogP contribution in [0.15, 0.2) is 66.7 Å². The van der Waals surface area contributed by atoms with E-state index in [-0.39, 0.29) is 11.9 Å². The van der Waals surface area contributed by atoms with E-state index in [9.17, 15) is 9.59 Å². The van der Waals surface area contributed by atoms with E-state index in [1.165, 1.54) is 12.7 Å². The van der Waals surface area contributed by atoms with Gasteiger partial charge in [0.05, 0.1) is 13.2 Å². The van der Waals surface area contributed by atoms with Crippen LogP contribution in [0, 0.1) is 13.8 Å². The van der Waals surface area contributed by atoms with Crippen LogP contribution in [-0.4, -0.2) is 29.2 Å². The first-order valence-electron chi connectivity index (χ1n) is 13.8. The summed E-state index contributed by atoms with van der Waals surface area (Å²) >= 11 is 0. The summed E-state index contributed by atoms with van der Waals surface area (Å²) in [6.45, 7) is 14.6. The molecule has 0 aliphatic rings. The molecule has 1 amide bonds. The maximum Gasteiger partial charge on any atom is 0.349 e. The molecule has 40 heavy (non-hydrogen) atoms. The molecule has 1 atom stereocenters. The van der Waals surface area contributed by atoms with Gasteiger partial charge in [0.15, 0.2) is 5.60 Å². The van der Waals surface area contributed by atoms with Crippen molar-refractivity contribution in [1.82, 2.24) is 9.88 Å². The first kappa shape index (κ1) is 28.9. The van der Waals surface area contributed by atoms with Crippen LogP contribution in [0.3, 0.4) is 0 Å². The van der Waals surface area contributed by atoms with Crippen molar-refractivity contribution in [3.63, 3.8) is 0 Å². The molecule has 6 heteroatoms. The van der Waals surface area contributed by atoms with Crippen LogP contribution < -0.4 is 10.1 Å². The monoisotopic (exact) mass is 540 g/mol. The number of nitrogens with zero attached hydrogens (tertiary/aromatic N) is 1. The highest BCUT2D eigenvalue weighted by Crippen LogP contribution is 2.29. The zero-order chi connectivity index (χ0) is 29.2. The summed E-state index contributed by atoms with van der Waals surface area (Å²) in [5.41, 5.74) is 6.28. The van der Waals surface area contributed by atoms with Crippen molar-refractivity contribution in [2.75, 3.05) is 7.11 Å². The minimum atomic E-state index is -1.09. The molecule has 0 radical (unpaired) electrons. The molecule has 0 saturated carbocycles. The number of aryl methyl sites for hydroxylation is 1. The van der Waals surface area contributed by atoms with E-state index in [1.54, 1.807) is 13.8 Å². The van der Waals surface area contributed by atoms with Crippen LogP contribution in [0.5, 0.6) is 5.75 Å². The molecule has 0 aliphatic carbocycles. The Bertz CT molecular complexity index is 1550. The Labute approximate surface area is 237 Å². The van der Waals surface area contributed by atoms with Gasteiger partial charge in [-0.05, 0) is 93.1 Å². The Kier molecular flexibility index (Phi) is 8.38. The van der Waals surface area contributed by atoms with Crippen molar-refractivity contribution in [3.8, 4) is 5.75 Å². The maximum absolute atomic E-state index is 13.2. The lowest BCUT2D eigenvalue weighted by molar-refractivity contribution is -0.156. The summed E-state index contributed by atoms with van der Waals surface area (Å²) in [6.07, 6.45) is 0. The highest BCUT2D eigenvalue weighted by Gasteiger charge is 2.31. The quantitative estimate of drug-likeness (QED) is 0.227. The lowest BCUT2D eigenvalue weighted by Gasteiger charge is -2.23. The van der Waals surface area contributed by atoms with Gasteiger partial charge in [-0.1, -0.05) is 50.2 Å². The SMILES string of the molecule is COC(=O)C(C)(C)Oc1cccc(Cn2c(C)c(C)c3cc(C(=O)NC(C)c4cccc(C(C)C)c4)ccc32)c1. The van der Waals surface area contributed by atoms with Gasteiger partial charge in [0.1, 0.15) is 5.75 Å². The van der Waals surface area contributed by atoms with E-state index in [0.717, 1.165) is 33.3 Å². The lowest BCUT2D eigenvalue weighted by Crippen LogP contribution is -2.39. The minimum Gasteiger partial charge on any atom is -0.476 e. The number of nitrogens with one attached hydrogen (secondary N) is 1. The fourth-order valence-corrected chi connectivity index (χ4v) is 5.02. The van der Waals surface area contributed by atoms with E-state index in [1.807, 2.05) is 49.4 Å². The van der Waals surface area contributed by atoms with Crippen molar-refractivity contribution in [2.24, 2.45) is 0 Å². The second-order valence-electron chi connectivity index (χ2n) is 11.3. The minimum absolute atomic E-state index is 0.0905. The largest absolute Gasteiger partial charge is 0.476 e. The zero-order valence-electron chi connectivity index (χ0n) is 24.8. The molecule has 4 rings (SSSR count). The number of rotatable bonds is 9. The van der Waals surface area contributed by atoms with Crippen LogP contribution in [-0.2, 0) is 16.1 Å². The Morgan fingerprint density at radius 3 is 2.33 bits per heavy atom. The highest BCUT2D eigenvalue weighted by molar-refractivity contribution is 5.99. The van der Waals surface area contributed by atoms with Gasteiger partial charge in [0, 0.05) is 28.7 Å². The molecule has 6 nitrogen and oxygen atoms in total. The van der Waals surface area contributed by atoms with Crippen molar-refractivity contribution < 1.29 is 19.1 Å². The summed E-state index contributed by atoms with van der Waals surface area (Å²) in [5.74, 6) is 0.513. The Hall–Kier alpha value is -4.06. The number of esters is 1. The fourth-order valence-electron chi connectivity index (χ4n) is 5.02. The lowest BCUT2D eigenvalue weighted by atomic mass is 9.98. The van der Waals surface area contributed by atoms with Crippen molar-refractivity contribution in [2.45, 2.75) is 72.6 Å². The predicted molar refractivity (Wildman–Crippen MR) is 160 cm³/mol. The van der Waals surface area contributed by atoms with Crippen LogP contribution in [0.2, 0.25) is 0 Å². The van der Waals surface area contributed by atoms with Crippen LogP contribution >= 0.6 is 0 Å².